The van der Waals surface area contributed by atoms with Crippen molar-refractivity contribution in [3.05, 3.63) is 35.4 Å². The van der Waals surface area contributed by atoms with Gasteiger partial charge in [-0.05, 0) is 44.1 Å². The van der Waals surface area contributed by atoms with E-state index in [4.69, 9.17) is 0 Å². The molecule has 0 aliphatic carbocycles. The summed E-state index contributed by atoms with van der Waals surface area (Å²) in [5, 5.41) is 11.8. The van der Waals surface area contributed by atoms with Crippen LogP contribution in [-0.2, 0) is 11.3 Å². The molecule has 21 heavy (non-hydrogen) atoms. The predicted octanol–water partition coefficient (Wildman–Crippen LogP) is 1.98. The van der Waals surface area contributed by atoms with Crippen LogP contribution in [0.2, 0.25) is 0 Å². The highest BCUT2D eigenvalue weighted by molar-refractivity contribution is 5.96. The molecule has 1 aromatic rings. The number of amides is 1. The zero-order valence-corrected chi connectivity index (χ0v) is 13.1. The maximum Gasteiger partial charge on any atom is 0.326 e. The van der Waals surface area contributed by atoms with Crippen molar-refractivity contribution in [3.8, 4) is 0 Å². The first-order chi connectivity index (χ1) is 9.79. The number of benzene rings is 1. The number of hydrogen-bond donors (Lipinski definition) is 2. The van der Waals surface area contributed by atoms with Gasteiger partial charge in [-0.1, -0.05) is 26.0 Å². The van der Waals surface area contributed by atoms with E-state index < -0.39 is 12.0 Å². The Morgan fingerprint density at radius 3 is 2.48 bits per heavy atom. The normalized spacial score (nSPS) is 12.5. The average Bonchev–Trinajstić information content (AvgIpc) is 2.36. The summed E-state index contributed by atoms with van der Waals surface area (Å²) in [7, 11) is 3.91. The number of aliphatic carboxylic acids is 1. The van der Waals surface area contributed by atoms with Crippen LogP contribution < -0.4 is 5.32 Å². The first kappa shape index (κ1) is 17.2. The van der Waals surface area contributed by atoms with Gasteiger partial charge in [0, 0.05) is 12.1 Å². The Kier molecular flexibility index (Phi) is 6.37. The standard InChI is InChI=1S/C16H24N2O3/c1-11(2)8-14(16(20)21)17-15(19)13-7-5-6-12(9-13)10-18(3)4/h5-7,9,11,14H,8,10H2,1-4H3,(H,17,19)(H,20,21)/t14-/m0/s1. The van der Waals surface area contributed by atoms with E-state index in [2.05, 4.69) is 5.32 Å². The minimum atomic E-state index is -0.999. The first-order valence-electron chi connectivity index (χ1n) is 7.07. The van der Waals surface area contributed by atoms with Crippen molar-refractivity contribution in [2.24, 2.45) is 5.92 Å². The molecular formula is C16H24N2O3. The van der Waals surface area contributed by atoms with Gasteiger partial charge in [0.2, 0.25) is 0 Å². The monoisotopic (exact) mass is 292 g/mol. The van der Waals surface area contributed by atoms with Crippen LogP contribution in [0, 0.1) is 5.92 Å². The summed E-state index contributed by atoms with van der Waals surface area (Å²) in [4.78, 5) is 25.4. The molecule has 1 atom stereocenters. The Labute approximate surface area is 126 Å². The summed E-state index contributed by atoms with van der Waals surface area (Å²) < 4.78 is 0. The maximum absolute atomic E-state index is 12.2. The quantitative estimate of drug-likeness (QED) is 0.806. The molecule has 1 amide bonds. The zero-order chi connectivity index (χ0) is 16.0. The van der Waals surface area contributed by atoms with Crippen LogP contribution in [0.25, 0.3) is 0 Å². The Bertz CT molecular complexity index is 498. The molecule has 0 radical (unpaired) electrons. The van der Waals surface area contributed by atoms with Gasteiger partial charge >= 0.3 is 5.97 Å². The van der Waals surface area contributed by atoms with Gasteiger partial charge in [0.25, 0.3) is 5.91 Å². The number of carbonyl (C=O) groups excluding carboxylic acids is 1. The topological polar surface area (TPSA) is 69.6 Å². The van der Waals surface area contributed by atoms with Gasteiger partial charge in [-0.2, -0.15) is 0 Å². The Morgan fingerprint density at radius 1 is 1.29 bits per heavy atom. The molecule has 0 spiro atoms. The van der Waals surface area contributed by atoms with Crippen molar-refractivity contribution < 1.29 is 14.7 Å². The third-order valence-corrected chi connectivity index (χ3v) is 3.00. The van der Waals surface area contributed by atoms with E-state index in [1.54, 1.807) is 12.1 Å². The van der Waals surface area contributed by atoms with Crippen LogP contribution in [-0.4, -0.2) is 42.0 Å². The summed E-state index contributed by atoms with van der Waals surface area (Å²) >= 11 is 0. The van der Waals surface area contributed by atoms with Crippen LogP contribution >= 0.6 is 0 Å². The van der Waals surface area contributed by atoms with E-state index in [9.17, 15) is 14.7 Å². The number of hydrogen-bond acceptors (Lipinski definition) is 3. The highest BCUT2D eigenvalue weighted by atomic mass is 16.4. The molecule has 0 aromatic heterocycles. The summed E-state index contributed by atoms with van der Waals surface area (Å²) in [5.41, 5.74) is 1.51. The Balaban J connectivity index is 2.80. The molecule has 1 aromatic carbocycles. The van der Waals surface area contributed by atoms with Gasteiger partial charge in [-0.15, -0.1) is 0 Å². The van der Waals surface area contributed by atoms with Crippen LogP contribution in [0.4, 0.5) is 0 Å². The molecule has 0 fully saturated rings. The van der Waals surface area contributed by atoms with Crippen molar-refractivity contribution in [1.82, 2.24) is 10.2 Å². The number of carbonyl (C=O) groups is 2. The molecular weight excluding hydrogens is 268 g/mol. The van der Waals surface area contributed by atoms with Gasteiger partial charge in [0.15, 0.2) is 0 Å². The molecule has 0 aliphatic heterocycles. The summed E-state index contributed by atoms with van der Waals surface area (Å²) in [6, 6.07) is 6.40. The van der Waals surface area contributed by atoms with Crippen LogP contribution in [0.15, 0.2) is 24.3 Å². The highest BCUT2D eigenvalue weighted by Gasteiger charge is 2.21. The molecule has 1 rings (SSSR count). The van der Waals surface area contributed by atoms with E-state index in [-0.39, 0.29) is 11.8 Å². The van der Waals surface area contributed by atoms with E-state index >= 15 is 0 Å². The number of nitrogens with one attached hydrogen (secondary N) is 1. The third-order valence-electron chi connectivity index (χ3n) is 3.00. The lowest BCUT2D eigenvalue weighted by atomic mass is 10.0. The van der Waals surface area contributed by atoms with Crippen molar-refractivity contribution >= 4 is 11.9 Å². The molecule has 0 bridgehead atoms. The lowest BCUT2D eigenvalue weighted by Crippen LogP contribution is -2.41. The second kappa shape index (κ2) is 7.78. The first-order valence-corrected chi connectivity index (χ1v) is 7.07. The fraction of sp³-hybridized carbons (Fsp3) is 0.500. The van der Waals surface area contributed by atoms with E-state index in [1.165, 1.54) is 0 Å². The Hall–Kier alpha value is -1.88. The minimum absolute atomic E-state index is 0.200. The van der Waals surface area contributed by atoms with Gasteiger partial charge in [0.1, 0.15) is 6.04 Å². The van der Waals surface area contributed by atoms with E-state index in [0.29, 0.717) is 12.0 Å². The molecule has 0 heterocycles. The van der Waals surface area contributed by atoms with Crippen LogP contribution in [0.5, 0.6) is 0 Å². The average molecular weight is 292 g/mol. The van der Waals surface area contributed by atoms with Crippen LogP contribution in [0.3, 0.4) is 0 Å². The second-order valence-corrected chi connectivity index (χ2v) is 5.93. The lowest BCUT2D eigenvalue weighted by Gasteiger charge is -2.17. The van der Waals surface area contributed by atoms with Crippen molar-refractivity contribution in [2.45, 2.75) is 32.9 Å². The zero-order valence-electron chi connectivity index (χ0n) is 13.1. The smallest absolute Gasteiger partial charge is 0.326 e. The van der Waals surface area contributed by atoms with E-state index in [1.807, 2.05) is 45.0 Å². The maximum atomic E-state index is 12.2. The number of nitrogens with zero attached hydrogens (tertiary/aromatic N) is 1. The van der Waals surface area contributed by atoms with Crippen LogP contribution in [0.1, 0.15) is 36.2 Å². The second-order valence-electron chi connectivity index (χ2n) is 5.93. The molecule has 0 unspecified atom stereocenters. The fourth-order valence-corrected chi connectivity index (χ4v) is 2.11. The molecule has 0 saturated carbocycles. The van der Waals surface area contributed by atoms with Crippen molar-refractivity contribution in [3.63, 3.8) is 0 Å². The van der Waals surface area contributed by atoms with E-state index in [0.717, 1.165) is 12.1 Å². The number of carboxylic acid groups (broad SMARTS) is 1. The molecule has 0 saturated heterocycles. The molecule has 5 heteroatoms. The molecule has 2 N–H and O–H groups in total. The van der Waals surface area contributed by atoms with Crippen molar-refractivity contribution in [2.75, 3.05) is 14.1 Å². The third kappa shape index (κ3) is 5.95. The molecule has 0 aliphatic rings. The SMILES string of the molecule is CC(C)C[C@H](NC(=O)c1cccc(CN(C)C)c1)C(=O)O. The van der Waals surface area contributed by atoms with Crippen molar-refractivity contribution in [1.29, 1.82) is 0 Å². The summed E-state index contributed by atoms with van der Waals surface area (Å²) in [6.07, 6.45) is 0.415. The lowest BCUT2D eigenvalue weighted by molar-refractivity contribution is -0.139. The molecule has 116 valence electrons. The largest absolute Gasteiger partial charge is 0.480 e. The highest BCUT2D eigenvalue weighted by Crippen LogP contribution is 2.09. The van der Waals surface area contributed by atoms with Gasteiger partial charge in [0.05, 0.1) is 0 Å². The Morgan fingerprint density at radius 2 is 1.95 bits per heavy atom. The molecule has 5 nitrogen and oxygen atoms in total. The minimum Gasteiger partial charge on any atom is -0.480 e. The number of rotatable bonds is 7. The summed E-state index contributed by atoms with van der Waals surface area (Å²) in [6.45, 7) is 4.59. The summed E-state index contributed by atoms with van der Waals surface area (Å²) in [5.74, 6) is -1.14. The van der Waals surface area contributed by atoms with Gasteiger partial charge < -0.3 is 15.3 Å². The van der Waals surface area contributed by atoms with Gasteiger partial charge in [-0.25, -0.2) is 4.79 Å². The number of carboxylic acids is 1. The van der Waals surface area contributed by atoms with Gasteiger partial charge in [-0.3, -0.25) is 4.79 Å². The predicted molar refractivity (Wildman–Crippen MR) is 82.2 cm³/mol. The fourth-order valence-electron chi connectivity index (χ4n) is 2.11.